The summed E-state index contributed by atoms with van der Waals surface area (Å²) in [6.07, 6.45) is 0. The summed E-state index contributed by atoms with van der Waals surface area (Å²) in [7, 11) is 0. The first-order valence-electron chi connectivity index (χ1n) is 21.5. The van der Waals surface area contributed by atoms with Gasteiger partial charge in [0.15, 0.2) is 11.2 Å². The summed E-state index contributed by atoms with van der Waals surface area (Å²) in [5.74, 6) is 0. The Hall–Kier alpha value is -7.56. The van der Waals surface area contributed by atoms with Crippen LogP contribution in [0.5, 0.6) is 0 Å². The zero-order chi connectivity index (χ0) is 42.0. The van der Waals surface area contributed by atoms with Crippen LogP contribution in [0.25, 0.3) is 76.2 Å². The number of fused-ring (bicyclic) bond motifs is 6. The number of aryl methyl sites for hydroxylation is 6. The number of hydrogen-bond donors (Lipinski definition) is 0. The Morgan fingerprint density at radius 1 is 0.323 bits per heavy atom. The zero-order valence-electron chi connectivity index (χ0n) is 35.7. The van der Waals surface area contributed by atoms with Gasteiger partial charge in [0.2, 0.25) is 0 Å². The largest absolute Gasteiger partial charge is 0.454 e. The number of anilines is 6. The lowest BCUT2D eigenvalue weighted by Gasteiger charge is -2.31. The maximum Gasteiger partial charge on any atom is 0.159 e. The quantitative estimate of drug-likeness (QED) is 0.157. The monoisotopic (exact) mass is 800 g/mol. The van der Waals surface area contributed by atoms with Crippen LogP contribution in [-0.4, -0.2) is 0 Å². The van der Waals surface area contributed by atoms with Crippen LogP contribution in [0.1, 0.15) is 33.4 Å². The number of rotatable bonds is 6. The summed E-state index contributed by atoms with van der Waals surface area (Å²) in [4.78, 5) is 4.92. The van der Waals surface area contributed by atoms with Crippen LogP contribution in [0.3, 0.4) is 0 Å². The molecule has 0 fully saturated rings. The molecule has 0 aliphatic rings. The Kier molecular flexibility index (Phi) is 7.89. The average molecular weight is 801 g/mol. The minimum absolute atomic E-state index is 0.888. The SMILES string of the molecule is Cc1ccc(C)c(N(c2ccc3ccc4c(N(c5cc(C)ccc5C)c5c(C)ccc6c5oc5ccccc56)ccc5ccc2c3c54)c2c(C)ccc3c2oc2ccccc23)c1. The van der Waals surface area contributed by atoms with E-state index in [9.17, 15) is 0 Å². The van der Waals surface area contributed by atoms with Crippen molar-refractivity contribution in [3.63, 3.8) is 0 Å². The van der Waals surface area contributed by atoms with Crippen molar-refractivity contribution < 1.29 is 8.83 Å². The molecule has 298 valence electrons. The first-order valence-corrected chi connectivity index (χ1v) is 21.5. The zero-order valence-corrected chi connectivity index (χ0v) is 35.7. The number of furan rings is 2. The van der Waals surface area contributed by atoms with Crippen LogP contribution < -0.4 is 9.80 Å². The number of para-hydroxylation sites is 2. The van der Waals surface area contributed by atoms with Crippen molar-refractivity contribution in [3.05, 3.63) is 191 Å². The third kappa shape index (κ3) is 5.26. The van der Waals surface area contributed by atoms with E-state index in [1.165, 1.54) is 54.6 Å². The third-order valence-corrected chi connectivity index (χ3v) is 13.2. The molecule has 0 bridgehead atoms. The molecule has 0 saturated carbocycles. The Labute approximate surface area is 360 Å². The second-order valence-electron chi connectivity index (χ2n) is 17.3. The molecule has 0 saturated heterocycles. The Bertz CT molecular complexity index is 3540. The molecule has 12 aromatic rings. The lowest BCUT2D eigenvalue weighted by molar-refractivity contribution is 0.668. The molecule has 2 aromatic heterocycles. The molecule has 0 amide bonds. The van der Waals surface area contributed by atoms with Crippen LogP contribution in [0.2, 0.25) is 0 Å². The first kappa shape index (κ1) is 36.3. The molecule has 0 aliphatic carbocycles. The second-order valence-corrected chi connectivity index (χ2v) is 17.3. The molecule has 2 heterocycles. The summed E-state index contributed by atoms with van der Waals surface area (Å²) in [5, 5.41) is 11.7. The minimum Gasteiger partial charge on any atom is -0.454 e. The van der Waals surface area contributed by atoms with Gasteiger partial charge < -0.3 is 18.6 Å². The van der Waals surface area contributed by atoms with Crippen LogP contribution in [0, 0.1) is 41.5 Å². The summed E-state index contributed by atoms with van der Waals surface area (Å²) < 4.78 is 13.7. The lowest BCUT2D eigenvalue weighted by Crippen LogP contribution is -2.14. The van der Waals surface area contributed by atoms with Gasteiger partial charge in [0, 0.05) is 43.7 Å². The fourth-order valence-electron chi connectivity index (χ4n) is 10.1. The maximum atomic E-state index is 6.83. The molecule has 12 rings (SSSR count). The number of nitrogens with zero attached hydrogens (tertiary/aromatic N) is 2. The smallest absolute Gasteiger partial charge is 0.159 e. The van der Waals surface area contributed by atoms with Crippen LogP contribution >= 0.6 is 0 Å². The van der Waals surface area contributed by atoms with Crippen molar-refractivity contribution >= 4 is 110 Å². The number of hydrogen-bond acceptors (Lipinski definition) is 4. The highest BCUT2D eigenvalue weighted by molar-refractivity contribution is 6.29. The van der Waals surface area contributed by atoms with Gasteiger partial charge in [-0.2, -0.15) is 0 Å². The van der Waals surface area contributed by atoms with E-state index in [2.05, 4.69) is 209 Å². The third-order valence-electron chi connectivity index (χ3n) is 13.2. The Balaban J connectivity index is 1.17. The molecule has 4 heteroatoms. The van der Waals surface area contributed by atoms with Crippen molar-refractivity contribution in [1.29, 1.82) is 0 Å². The van der Waals surface area contributed by atoms with Gasteiger partial charge in [-0.05, 0) is 133 Å². The molecule has 0 spiro atoms. The van der Waals surface area contributed by atoms with Gasteiger partial charge in [-0.25, -0.2) is 0 Å². The molecule has 62 heavy (non-hydrogen) atoms. The fourth-order valence-corrected chi connectivity index (χ4v) is 10.1. The van der Waals surface area contributed by atoms with E-state index in [0.717, 1.165) is 89.1 Å². The van der Waals surface area contributed by atoms with Gasteiger partial charge >= 0.3 is 0 Å². The van der Waals surface area contributed by atoms with Crippen LogP contribution in [0.4, 0.5) is 34.1 Å². The molecule has 0 aliphatic heterocycles. The molecule has 4 nitrogen and oxygen atoms in total. The molecular weight excluding hydrogens is 757 g/mol. The molecular formula is C58H44N2O2. The minimum atomic E-state index is 0.888. The maximum absolute atomic E-state index is 6.83. The molecule has 0 atom stereocenters. The van der Waals surface area contributed by atoms with E-state index < -0.39 is 0 Å². The van der Waals surface area contributed by atoms with Crippen molar-refractivity contribution in [3.8, 4) is 0 Å². The molecule has 0 radical (unpaired) electrons. The normalized spacial score (nSPS) is 12.0. The van der Waals surface area contributed by atoms with E-state index in [0.29, 0.717) is 0 Å². The van der Waals surface area contributed by atoms with Gasteiger partial charge in [-0.1, -0.05) is 121 Å². The van der Waals surface area contributed by atoms with Crippen molar-refractivity contribution in [1.82, 2.24) is 0 Å². The first-order chi connectivity index (χ1) is 30.2. The van der Waals surface area contributed by atoms with E-state index >= 15 is 0 Å². The topological polar surface area (TPSA) is 32.8 Å². The van der Waals surface area contributed by atoms with Crippen molar-refractivity contribution in [2.24, 2.45) is 0 Å². The summed E-state index contributed by atoms with van der Waals surface area (Å²) in [6, 6.07) is 57.6. The van der Waals surface area contributed by atoms with Gasteiger partial charge in [0.25, 0.3) is 0 Å². The van der Waals surface area contributed by atoms with Crippen molar-refractivity contribution in [2.45, 2.75) is 41.5 Å². The summed E-state index contributed by atoms with van der Waals surface area (Å²) in [6.45, 7) is 13.2. The summed E-state index contributed by atoms with van der Waals surface area (Å²) >= 11 is 0. The molecule has 10 aromatic carbocycles. The van der Waals surface area contributed by atoms with Gasteiger partial charge in [0.05, 0.1) is 22.7 Å². The fraction of sp³-hybridized carbons (Fsp3) is 0.103. The predicted octanol–water partition coefficient (Wildman–Crippen LogP) is 17.2. The molecule has 0 unspecified atom stereocenters. The Morgan fingerprint density at radius 3 is 1.16 bits per heavy atom. The van der Waals surface area contributed by atoms with Gasteiger partial charge in [-0.3, -0.25) is 0 Å². The van der Waals surface area contributed by atoms with Crippen molar-refractivity contribution in [2.75, 3.05) is 9.80 Å². The van der Waals surface area contributed by atoms with Gasteiger partial charge in [-0.15, -0.1) is 0 Å². The lowest BCUT2D eigenvalue weighted by atomic mass is 9.91. The number of benzene rings is 10. The average Bonchev–Trinajstić information content (AvgIpc) is 3.86. The Morgan fingerprint density at radius 2 is 0.710 bits per heavy atom. The predicted molar refractivity (Wildman–Crippen MR) is 262 cm³/mol. The van der Waals surface area contributed by atoms with E-state index in [1.54, 1.807) is 0 Å². The van der Waals surface area contributed by atoms with Gasteiger partial charge in [0.1, 0.15) is 11.2 Å². The highest BCUT2D eigenvalue weighted by Crippen LogP contribution is 2.52. The molecule has 0 N–H and O–H groups in total. The highest BCUT2D eigenvalue weighted by Gasteiger charge is 2.28. The summed E-state index contributed by atoms with van der Waals surface area (Å²) in [5.41, 5.74) is 17.2. The van der Waals surface area contributed by atoms with E-state index in [4.69, 9.17) is 8.83 Å². The van der Waals surface area contributed by atoms with E-state index in [-0.39, 0.29) is 0 Å². The van der Waals surface area contributed by atoms with E-state index in [1.807, 2.05) is 0 Å². The highest BCUT2D eigenvalue weighted by atomic mass is 16.3. The van der Waals surface area contributed by atoms with Crippen LogP contribution in [-0.2, 0) is 0 Å². The second kappa shape index (κ2) is 13.5. The van der Waals surface area contributed by atoms with Crippen LogP contribution in [0.15, 0.2) is 167 Å². The standard InChI is InChI=1S/C58H44N2O2/c1-33-15-17-35(3)49(31-33)59(55-37(5)19-25-43-41-11-7-9-13-51(41)61-57(43)55)47-29-23-39-22-28-46-48(30-24-40-21-27-45(47)53(39)54(40)46)60(50-32-34(2)16-18-36(50)4)56-38(6)20-26-44-42-12-8-10-14-52(42)62-58(44)56/h7-32H,1-6H3.